The minimum atomic E-state index is 0.194. The highest BCUT2D eigenvalue weighted by Gasteiger charge is 2.07. The molecule has 0 unspecified atom stereocenters. The Morgan fingerprint density at radius 2 is 1.80 bits per heavy atom. The second-order valence-corrected chi connectivity index (χ2v) is 5.49. The zero-order valence-electron chi connectivity index (χ0n) is 12.7. The summed E-state index contributed by atoms with van der Waals surface area (Å²) >= 11 is 0. The van der Waals surface area contributed by atoms with Crippen LogP contribution in [0.15, 0.2) is 49.0 Å². The molecule has 0 aliphatic rings. The van der Waals surface area contributed by atoms with Gasteiger partial charge in [-0.2, -0.15) is 0 Å². The van der Waals surface area contributed by atoms with Crippen LogP contribution < -0.4 is 10.2 Å². The molecule has 0 aliphatic carbocycles. The van der Waals surface area contributed by atoms with E-state index in [9.17, 15) is 0 Å². The molecule has 0 bridgehead atoms. The molecule has 0 N–H and O–H groups in total. The van der Waals surface area contributed by atoms with Crippen LogP contribution in [0.4, 0.5) is 0 Å². The van der Waals surface area contributed by atoms with E-state index < -0.39 is 0 Å². The fourth-order valence-electron chi connectivity index (χ4n) is 2.22. The van der Waals surface area contributed by atoms with E-state index in [1.807, 2.05) is 19.9 Å². The number of aryl methyl sites for hydroxylation is 1. The van der Waals surface area contributed by atoms with Crippen molar-refractivity contribution in [3.63, 3.8) is 0 Å². The molecular formula is C18H21BO. The quantitative estimate of drug-likeness (QED) is 0.771. The summed E-state index contributed by atoms with van der Waals surface area (Å²) in [7, 11) is 2.10. The van der Waals surface area contributed by atoms with Crippen LogP contribution in [0.1, 0.15) is 30.5 Å². The highest BCUT2D eigenvalue weighted by molar-refractivity contribution is 6.32. The normalized spacial score (nSPS) is 10.6. The lowest BCUT2D eigenvalue weighted by atomic mass is 9.90. The van der Waals surface area contributed by atoms with Gasteiger partial charge in [-0.1, -0.05) is 42.4 Å². The third kappa shape index (κ3) is 3.33. The van der Waals surface area contributed by atoms with Crippen LogP contribution in [0.2, 0.25) is 0 Å². The number of benzene rings is 2. The molecule has 20 heavy (non-hydrogen) atoms. The Balaban J connectivity index is 2.30. The van der Waals surface area contributed by atoms with Crippen molar-refractivity contribution in [2.24, 2.45) is 0 Å². The number of hydrogen-bond acceptors (Lipinski definition) is 1. The Morgan fingerprint density at radius 3 is 2.40 bits per heavy atom. The predicted molar refractivity (Wildman–Crippen MR) is 89.7 cm³/mol. The molecule has 0 atom stereocenters. The summed E-state index contributed by atoms with van der Waals surface area (Å²) in [5.74, 6) is 0.945. The molecule has 0 aromatic heterocycles. The monoisotopic (exact) mass is 264 g/mol. The molecule has 102 valence electrons. The van der Waals surface area contributed by atoms with E-state index in [2.05, 4.69) is 57.7 Å². The molecule has 0 amide bonds. The SMILES string of the molecule is Bc1cccc(C(=C)c2ccc(OC(C)C)c(C)c2)c1. The van der Waals surface area contributed by atoms with E-state index in [1.165, 1.54) is 11.0 Å². The van der Waals surface area contributed by atoms with Crippen LogP contribution in [-0.2, 0) is 0 Å². The van der Waals surface area contributed by atoms with E-state index in [0.29, 0.717) is 0 Å². The predicted octanol–water partition coefficient (Wildman–Crippen LogP) is 3.10. The highest BCUT2D eigenvalue weighted by Crippen LogP contribution is 2.26. The molecule has 0 aliphatic heterocycles. The minimum absolute atomic E-state index is 0.194. The molecule has 0 fully saturated rings. The van der Waals surface area contributed by atoms with Gasteiger partial charge < -0.3 is 4.74 Å². The summed E-state index contributed by atoms with van der Waals surface area (Å²) in [6.45, 7) is 10.4. The van der Waals surface area contributed by atoms with Crippen LogP contribution in [0.3, 0.4) is 0 Å². The first-order chi connectivity index (χ1) is 9.47. The number of ether oxygens (including phenoxy) is 1. The zero-order valence-corrected chi connectivity index (χ0v) is 12.7. The van der Waals surface area contributed by atoms with Gasteiger partial charge in [-0.3, -0.25) is 0 Å². The van der Waals surface area contributed by atoms with Gasteiger partial charge in [0.15, 0.2) is 0 Å². The molecule has 0 saturated carbocycles. The average molecular weight is 264 g/mol. The Hall–Kier alpha value is -1.96. The summed E-state index contributed by atoms with van der Waals surface area (Å²) in [6, 6.07) is 14.7. The Labute approximate surface area is 122 Å². The Bertz CT molecular complexity index is 629. The summed E-state index contributed by atoms with van der Waals surface area (Å²) in [4.78, 5) is 0. The zero-order chi connectivity index (χ0) is 14.7. The summed E-state index contributed by atoms with van der Waals surface area (Å²) in [5, 5.41) is 0. The second-order valence-electron chi connectivity index (χ2n) is 5.49. The molecule has 2 rings (SSSR count). The van der Waals surface area contributed by atoms with E-state index in [1.54, 1.807) is 0 Å². The molecule has 2 aromatic carbocycles. The van der Waals surface area contributed by atoms with Gasteiger partial charge in [0.1, 0.15) is 13.6 Å². The number of rotatable bonds is 4. The van der Waals surface area contributed by atoms with Crippen molar-refractivity contribution in [1.82, 2.24) is 0 Å². The third-order valence-electron chi connectivity index (χ3n) is 3.25. The standard InChI is InChI=1S/C18H21BO/c1-12(2)20-18-9-8-16(10-13(18)3)14(4)15-6-5-7-17(19)11-15/h5-12H,4,19H2,1-3H3. The first-order valence-corrected chi connectivity index (χ1v) is 7.01. The lowest BCUT2D eigenvalue weighted by Crippen LogP contribution is -2.07. The van der Waals surface area contributed by atoms with Gasteiger partial charge in [-0.25, -0.2) is 0 Å². The van der Waals surface area contributed by atoms with Crippen molar-refractivity contribution in [2.45, 2.75) is 26.9 Å². The van der Waals surface area contributed by atoms with Gasteiger partial charge in [0.2, 0.25) is 0 Å². The van der Waals surface area contributed by atoms with E-state index >= 15 is 0 Å². The fraction of sp³-hybridized carbons (Fsp3) is 0.222. The maximum Gasteiger partial charge on any atom is 0.139 e. The van der Waals surface area contributed by atoms with Crippen molar-refractivity contribution < 1.29 is 4.74 Å². The molecule has 0 spiro atoms. The molecule has 0 heterocycles. The summed E-state index contributed by atoms with van der Waals surface area (Å²) < 4.78 is 5.77. The highest BCUT2D eigenvalue weighted by atomic mass is 16.5. The third-order valence-corrected chi connectivity index (χ3v) is 3.25. The van der Waals surface area contributed by atoms with E-state index in [-0.39, 0.29) is 6.10 Å². The molecule has 0 radical (unpaired) electrons. The van der Waals surface area contributed by atoms with E-state index in [4.69, 9.17) is 4.74 Å². The van der Waals surface area contributed by atoms with Crippen molar-refractivity contribution in [3.8, 4) is 5.75 Å². The average Bonchev–Trinajstić information content (AvgIpc) is 2.40. The minimum Gasteiger partial charge on any atom is -0.491 e. The molecule has 2 aromatic rings. The van der Waals surface area contributed by atoms with Gasteiger partial charge in [-0.05, 0) is 55.2 Å². The van der Waals surface area contributed by atoms with Crippen LogP contribution in [0.5, 0.6) is 5.75 Å². The van der Waals surface area contributed by atoms with Crippen LogP contribution >= 0.6 is 0 Å². The maximum absolute atomic E-state index is 5.77. The Morgan fingerprint density at radius 1 is 1.10 bits per heavy atom. The van der Waals surface area contributed by atoms with Gasteiger partial charge in [0.05, 0.1) is 6.10 Å². The van der Waals surface area contributed by atoms with Crippen molar-refractivity contribution >= 4 is 18.9 Å². The van der Waals surface area contributed by atoms with E-state index in [0.717, 1.165) is 22.4 Å². The molecule has 0 saturated heterocycles. The number of hydrogen-bond donors (Lipinski definition) is 0. The molecule has 1 nitrogen and oxygen atoms in total. The maximum atomic E-state index is 5.77. The Kier molecular flexibility index (Phi) is 4.34. The lowest BCUT2D eigenvalue weighted by molar-refractivity contribution is 0.241. The first kappa shape index (κ1) is 14.5. The molecule has 2 heteroatoms. The molecular weight excluding hydrogens is 243 g/mol. The summed E-state index contributed by atoms with van der Waals surface area (Å²) in [6.07, 6.45) is 0.194. The smallest absolute Gasteiger partial charge is 0.139 e. The largest absolute Gasteiger partial charge is 0.491 e. The van der Waals surface area contributed by atoms with Crippen molar-refractivity contribution in [2.75, 3.05) is 0 Å². The van der Waals surface area contributed by atoms with Crippen molar-refractivity contribution in [3.05, 3.63) is 65.7 Å². The first-order valence-electron chi connectivity index (χ1n) is 7.01. The van der Waals surface area contributed by atoms with Crippen LogP contribution in [0, 0.1) is 6.92 Å². The van der Waals surface area contributed by atoms with Crippen molar-refractivity contribution in [1.29, 1.82) is 0 Å². The van der Waals surface area contributed by atoms with Gasteiger partial charge >= 0.3 is 0 Å². The second kappa shape index (κ2) is 6.00. The fourth-order valence-corrected chi connectivity index (χ4v) is 2.22. The van der Waals surface area contributed by atoms with Gasteiger partial charge in [-0.15, -0.1) is 0 Å². The van der Waals surface area contributed by atoms with Crippen LogP contribution in [0.25, 0.3) is 5.57 Å². The van der Waals surface area contributed by atoms with Crippen LogP contribution in [-0.4, -0.2) is 14.0 Å². The lowest BCUT2D eigenvalue weighted by Gasteiger charge is -2.14. The van der Waals surface area contributed by atoms with Gasteiger partial charge in [0, 0.05) is 0 Å². The summed E-state index contributed by atoms with van der Waals surface area (Å²) in [5.41, 5.74) is 5.75. The van der Waals surface area contributed by atoms with Gasteiger partial charge in [0.25, 0.3) is 0 Å². The topological polar surface area (TPSA) is 9.23 Å².